The van der Waals surface area contributed by atoms with Crippen LogP contribution in [-0.2, 0) is 11.2 Å². The topological polar surface area (TPSA) is 61.9 Å². The maximum Gasteiger partial charge on any atom is 0.318 e. The Kier molecular flexibility index (Phi) is 8.12. The molecule has 0 bridgehead atoms. The van der Waals surface area contributed by atoms with Crippen molar-refractivity contribution in [1.82, 2.24) is 15.1 Å². The lowest BCUT2D eigenvalue weighted by Crippen LogP contribution is -2.51. The summed E-state index contributed by atoms with van der Waals surface area (Å²) in [4.78, 5) is 30.7. The molecule has 8 heteroatoms. The second-order valence-corrected chi connectivity index (χ2v) is 9.80. The lowest BCUT2D eigenvalue weighted by atomic mass is 10.0. The van der Waals surface area contributed by atoms with Crippen LogP contribution >= 0.6 is 11.3 Å². The number of ether oxygens (including phenoxy) is 1. The van der Waals surface area contributed by atoms with Gasteiger partial charge in [-0.1, -0.05) is 13.8 Å². The van der Waals surface area contributed by atoms with Gasteiger partial charge in [0.25, 0.3) is 0 Å². The van der Waals surface area contributed by atoms with Gasteiger partial charge in [-0.3, -0.25) is 4.79 Å². The van der Waals surface area contributed by atoms with E-state index in [0.29, 0.717) is 18.8 Å². The minimum atomic E-state index is -0.322. The standard InChI is InChI=1S/C24H32FN3O3S/c1-16(2)13-27(24(30)26-17(3)4)14-23(29)28-11-9-22-20(10-12-32-22)21(28)15-31-19-7-5-18(25)6-8-19/h5-8,10,12,16-17,21H,9,11,13-15H2,1-4H3,(H,26,30)/t21-/m1/s1. The lowest BCUT2D eigenvalue weighted by molar-refractivity contribution is -0.135. The van der Waals surface area contributed by atoms with Gasteiger partial charge in [-0.15, -0.1) is 11.3 Å². The zero-order valence-corrected chi connectivity index (χ0v) is 20.0. The molecule has 0 saturated carbocycles. The van der Waals surface area contributed by atoms with Crippen LogP contribution < -0.4 is 10.1 Å². The van der Waals surface area contributed by atoms with Crippen LogP contribution in [0.15, 0.2) is 35.7 Å². The first kappa shape index (κ1) is 24.0. The molecule has 1 aliphatic heterocycles. The van der Waals surface area contributed by atoms with Crippen LogP contribution in [0.25, 0.3) is 0 Å². The molecule has 174 valence electrons. The van der Waals surface area contributed by atoms with E-state index in [9.17, 15) is 14.0 Å². The van der Waals surface area contributed by atoms with Crippen LogP contribution in [0.3, 0.4) is 0 Å². The first-order chi connectivity index (χ1) is 15.2. The Morgan fingerprint density at radius 2 is 1.94 bits per heavy atom. The van der Waals surface area contributed by atoms with Crippen LogP contribution in [-0.4, -0.2) is 54.0 Å². The van der Waals surface area contributed by atoms with Crippen molar-refractivity contribution >= 4 is 23.3 Å². The molecule has 0 aliphatic carbocycles. The van der Waals surface area contributed by atoms with Crippen LogP contribution in [0.2, 0.25) is 0 Å². The number of benzene rings is 1. The highest BCUT2D eigenvalue weighted by molar-refractivity contribution is 7.10. The highest BCUT2D eigenvalue weighted by Gasteiger charge is 2.33. The highest BCUT2D eigenvalue weighted by atomic mass is 32.1. The number of nitrogens with one attached hydrogen (secondary N) is 1. The summed E-state index contributed by atoms with van der Waals surface area (Å²) in [5, 5.41) is 4.93. The number of urea groups is 1. The maximum absolute atomic E-state index is 13.4. The molecule has 0 fully saturated rings. The average Bonchev–Trinajstić information content (AvgIpc) is 3.20. The Labute approximate surface area is 193 Å². The molecule has 1 aromatic carbocycles. The van der Waals surface area contributed by atoms with Gasteiger partial charge in [0, 0.05) is 24.0 Å². The fraction of sp³-hybridized carbons (Fsp3) is 0.500. The summed E-state index contributed by atoms with van der Waals surface area (Å²) >= 11 is 1.68. The molecule has 0 spiro atoms. The van der Waals surface area contributed by atoms with Crippen LogP contribution in [0.4, 0.5) is 9.18 Å². The molecule has 1 aliphatic rings. The van der Waals surface area contributed by atoms with Gasteiger partial charge in [-0.25, -0.2) is 9.18 Å². The smallest absolute Gasteiger partial charge is 0.318 e. The number of hydrogen-bond acceptors (Lipinski definition) is 4. The molecule has 3 rings (SSSR count). The fourth-order valence-corrected chi connectivity index (χ4v) is 4.76. The van der Waals surface area contributed by atoms with Gasteiger partial charge in [0.05, 0.1) is 6.04 Å². The fourth-order valence-electron chi connectivity index (χ4n) is 3.83. The van der Waals surface area contributed by atoms with E-state index in [2.05, 4.69) is 5.32 Å². The molecular formula is C24H32FN3O3S. The normalized spacial score (nSPS) is 15.6. The summed E-state index contributed by atoms with van der Waals surface area (Å²) in [6, 6.07) is 7.42. The first-order valence-electron chi connectivity index (χ1n) is 11.0. The summed E-state index contributed by atoms with van der Waals surface area (Å²) in [5.41, 5.74) is 1.08. The predicted octanol–water partition coefficient (Wildman–Crippen LogP) is 4.47. The lowest BCUT2D eigenvalue weighted by Gasteiger charge is -2.37. The van der Waals surface area contributed by atoms with E-state index in [1.165, 1.54) is 17.0 Å². The predicted molar refractivity (Wildman–Crippen MR) is 124 cm³/mol. The van der Waals surface area contributed by atoms with Crippen molar-refractivity contribution in [2.24, 2.45) is 5.92 Å². The molecule has 2 heterocycles. The van der Waals surface area contributed by atoms with Crippen molar-refractivity contribution in [3.63, 3.8) is 0 Å². The maximum atomic E-state index is 13.4. The number of carbonyl (C=O) groups excluding carboxylic acids is 2. The molecule has 6 nitrogen and oxygen atoms in total. The third kappa shape index (κ3) is 6.22. The van der Waals surface area contributed by atoms with Gasteiger partial charge in [-0.2, -0.15) is 0 Å². The summed E-state index contributed by atoms with van der Waals surface area (Å²) in [6.07, 6.45) is 0.786. The number of fused-ring (bicyclic) bond motifs is 1. The zero-order valence-electron chi connectivity index (χ0n) is 19.1. The van der Waals surface area contributed by atoms with Gasteiger partial charge in [0.2, 0.25) is 5.91 Å². The van der Waals surface area contributed by atoms with E-state index >= 15 is 0 Å². The number of thiophene rings is 1. The molecule has 3 amide bonds. The SMILES string of the molecule is CC(C)CN(CC(=O)N1CCc2sccc2[C@H]1COc1ccc(F)cc1)C(=O)NC(C)C. The van der Waals surface area contributed by atoms with Crippen molar-refractivity contribution in [3.05, 3.63) is 52.0 Å². The first-order valence-corrected chi connectivity index (χ1v) is 11.9. The summed E-state index contributed by atoms with van der Waals surface area (Å²) in [5.74, 6) is 0.369. The Morgan fingerprint density at radius 3 is 2.59 bits per heavy atom. The van der Waals surface area contributed by atoms with Gasteiger partial charge in [0.15, 0.2) is 0 Å². The summed E-state index contributed by atoms with van der Waals surface area (Å²) in [6.45, 7) is 9.21. The van der Waals surface area contributed by atoms with Gasteiger partial charge in [-0.05, 0) is 67.5 Å². The molecule has 1 N–H and O–H groups in total. The quantitative estimate of drug-likeness (QED) is 0.631. The van der Waals surface area contributed by atoms with E-state index in [0.717, 1.165) is 12.0 Å². The number of nitrogens with zero attached hydrogens (tertiary/aromatic N) is 2. The minimum absolute atomic E-state index is 0.00697. The number of rotatable bonds is 8. The Hall–Kier alpha value is -2.61. The second kappa shape index (κ2) is 10.8. The monoisotopic (exact) mass is 461 g/mol. The van der Waals surface area contributed by atoms with Crippen molar-refractivity contribution in [2.45, 2.75) is 46.2 Å². The number of amides is 3. The van der Waals surface area contributed by atoms with E-state index in [-0.39, 0.29) is 48.9 Å². The largest absolute Gasteiger partial charge is 0.491 e. The van der Waals surface area contributed by atoms with Crippen LogP contribution in [0, 0.1) is 11.7 Å². The number of halogens is 1. The number of hydrogen-bond donors (Lipinski definition) is 1. The van der Waals surface area contributed by atoms with Crippen LogP contribution in [0.5, 0.6) is 5.75 Å². The Bertz CT molecular complexity index is 913. The molecule has 32 heavy (non-hydrogen) atoms. The van der Waals surface area contributed by atoms with Gasteiger partial charge >= 0.3 is 6.03 Å². The van der Waals surface area contributed by atoms with Crippen molar-refractivity contribution in [3.8, 4) is 5.75 Å². The molecule has 1 atom stereocenters. The Morgan fingerprint density at radius 1 is 1.22 bits per heavy atom. The van der Waals surface area contributed by atoms with Crippen molar-refractivity contribution < 1.29 is 18.7 Å². The summed E-state index contributed by atoms with van der Waals surface area (Å²) in [7, 11) is 0. The zero-order chi connectivity index (χ0) is 23.3. The molecule has 2 aromatic rings. The molecule has 0 radical (unpaired) electrons. The Balaban J connectivity index is 1.75. The van der Waals surface area contributed by atoms with E-state index < -0.39 is 0 Å². The minimum Gasteiger partial charge on any atom is -0.491 e. The van der Waals surface area contributed by atoms with Crippen molar-refractivity contribution in [1.29, 1.82) is 0 Å². The second-order valence-electron chi connectivity index (χ2n) is 8.80. The number of carbonyl (C=O) groups is 2. The molecule has 0 unspecified atom stereocenters. The third-order valence-corrected chi connectivity index (χ3v) is 6.24. The molecule has 1 aromatic heterocycles. The van der Waals surface area contributed by atoms with Gasteiger partial charge in [0.1, 0.15) is 24.7 Å². The summed E-state index contributed by atoms with van der Waals surface area (Å²) < 4.78 is 19.1. The molecule has 0 saturated heterocycles. The molecular weight excluding hydrogens is 429 g/mol. The van der Waals surface area contributed by atoms with Gasteiger partial charge < -0.3 is 19.9 Å². The van der Waals surface area contributed by atoms with E-state index in [1.54, 1.807) is 28.4 Å². The highest BCUT2D eigenvalue weighted by Crippen LogP contribution is 2.34. The van der Waals surface area contributed by atoms with Crippen molar-refractivity contribution in [2.75, 3.05) is 26.2 Å². The average molecular weight is 462 g/mol. The van der Waals surface area contributed by atoms with E-state index in [1.807, 2.05) is 44.0 Å². The van der Waals surface area contributed by atoms with Crippen LogP contribution in [0.1, 0.15) is 44.2 Å². The third-order valence-electron chi connectivity index (χ3n) is 5.25. The van der Waals surface area contributed by atoms with E-state index in [4.69, 9.17) is 4.74 Å².